The fourth-order valence-electron chi connectivity index (χ4n) is 1.57. The molecule has 2 rings (SSSR count). The number of nitrogens with two attached hydrogens (primary N) is 1. The first-order valence-corrected chi connectivity index (χ1v) is 4.64. The van der Waals surface area contributed by atoms with Crippen molar-refractivity contribution < 1.29 is 9.13 Å². The Morgan fingerprint density at radius 2 is 2.36 bits per heavy atom. The first-order chi connectivity index (χ1) is 6.77. The maximum absolute atomic E-state index is 13.4. The van der Waals surface area contributed by atoms with E-state index in [2.05, 4.69) is 5.32 Å². The van der Waals surface area contributed by atoms with Gasteiger partial charge in [0.05, 0.1) is 12.7 Å². The number of benzene rings is 1. The molecule has 0 saturated carbocycles. The zero-order valence-corrected chi connectivity index (χ0v) is 7.79. The highest BCUT2D eigenvalue weighted by molar-refractivity contribution is 5.42. The summed E-state index contributed by atoms with van der Waals surface area (Å²) in [6.45, 7) is 2.07. The van der Waals surface area contributed by atoms with Crippen LogP contribution in [0.4, 0.5) is 10.1 Å². The molecule has 0 radical (unpaired) electrons. The predicted octanol–water partition coefficient (Wildman–Crippen LogP) is 1.07. The molecule has 0 aliphatic carbocycles. The first-order valence-electron chi connectivity index (χ1n) is 4.64. The van der Waals surface area contributed by atoms with Crippen molar-refractivity contribution in [2.45, 2.75) is 6.10 Å². The van der Waals surface area contributed by atoms with E-state index in [-0.39, 0.29) is 11.9 Å². The Morgan fingerprint density at radius 3 is 3.07 bits per heavy atom. The first kappa shape index (κ1) is 9.43. The molecule has 3 nitrogen and oxygen atoms in total. The molecule has 14 heavy (non-hydrogen) atoms. The van der Waals surface area contributed by atoms with Gasteiger partial charge in [-0.3, -0.25) is 0 Å². The average Bonchev–Trinajstić information content (AvgIpc) is 2.23. The van der Waals surface area contributed by atoms with E-state index in [4.69, 9.17) is 10.5 Å². The Balaban J connectivity index is 2.24. The maximum atomic E-state index is 13.4. The quantitative estimate of drug-likeness (QED) is 0.660. The molecule has 0 spiro atoms. The van der Waals surface area contributed by atoms with Crippen LogP contribution >= 0.6 is 0 Å². The van der Waals surface area contributed by atoms with Gasteiger partial charge in [-0.2, -0.15) is 0 Å². The smallest absolute Gasteiger partial charge is 0.129 e. The van der Waals surface area contributed by atoms with Crippen LogP contribution in [-0.4, -0.2) is 19.7 Å². The van der Waals surface area contributed by atoms with Crippen LogP contribution in [0, 0.1) is 5.82 Å². The van der Waals surface area contributed by atoms with Gasteiger partial charge in [0.15, 0.2) is 0 Å². The summed E-state index contributed by atoms with van der Waals surface area (Å²) in [6.07, 6.45) is -0.216. The number of ether oxygens (including phenoxy) is 1. The van der Waals surface area contributed by atoms with Gasteiger partial charge in [0.2, 0.25) is 0 Å². The van der Waals surface area contributed by atoms with Gasteiger partial charge < -0.3 is 15.8 Å². The summed E-state index contributed by atoms with van der Waals surface area (Å²) in [6, 6.07) is 4.56. The summed E-state index contributed by atoms with van der Waals surface area (Å²) in [4.78, 5) is 0. The van der Waals surface area contributed by atoms with Crippen molar-refractivity contribution in [1.82, 2.24) is 5.32 Å². The van der Waals surface area contributed by atoms with Gasteiger partial charge in [-0.05, 0) is 18.2 Å². The van der Waals surface area contributed by atoms with Crippen molar-refractivity contribution in [2.75, 3.05) is 25.4 Å². The average molecular weight is 196 g/mol. The molecule has 0 bridgehead atoms. The lowest BCUT2D eigenvalue weighted by molar-refractivity contribution is 0.0256. The molecule has 1 atom stereocenters. The van der Waals surface area contributed by atoms with Crippen molar-refractivity contribution >= 4 is 5.69 Å². The van der Waals surface area contributed by atoms with Crippen LogP contribution in [-0.2, 0) is 4.74 Å². The summed E-state index contributed by atoms with van der Waals surface area (Å²) >= 11 is 0. The highest BCUT2D eigenvalue weighted by Crippen LogP contribution is 2.23. The maximum Gasteiger partial charge on any atom is 0.129 e. The number of halogens is 1. The molecule has 0 aromatic heterocycles. The lowest BCUT2D eigenvalue weighted by Crippen LogP contribution is -2.33. The molecule has 1 aromatic rings. The Labute approximate surface area is 82.1 Å². The standard InChI is InChI=1S/C10H13FN2O/c11-9-2-1-7(12)5-8(9)10-6-13-3-4-14-10/h1-2,5,10,13H,3-4,6,12H2. The Hall–Kier alpha value is -1.13. The third kappa shape index (κ3) is 1.86. The number of rotatable bonds is 1. The fraction of sp³-hybridized carbons (Fsp3) is 0.400. The van der Waals surface area contributed by atoms with Gasteiger partial charge >= 0.3 is 0 Å². The molecule has 1 saturated heterocycles. The molecule has 0 amide bonds. The normalized spacial score (nSPS) is 22.2. The van der Waals surface area contributed by atoms with Crippen molar-refractivity contribution in [1.29, 1.82) is 0 Å². The van der Waals surface area contributed by atoms with E-state index in [1.165, 1.54) is 6.07 Å². The van der Waals surface area contributed by atoms with E-state index in [9.17, 15) is 4.39 Å². The van der Waals surface area contributed by atoms with Crippen molar-refractivity contribution in [3.63, 3.8) is 0 Å². The molecule has 1 unspecified atom stereocenters. The summed E-state index contributed by atoms with van der Waals surface area (Å²) in [5.41, 5.74) is 6.70. The SMILES string of the molecule is Nc1ccc(F)c(C2CNCCO2)c1. The van der Waals surface area contributed by atoms with Crippen LogP contribution in [0.25, 0.3) is 0 Å². The largest absolute Gasteiger partial charge is 0.399 e. The van der Waals surface area contributed by atoms with Crippen LogP contribution < -0.4 is 11.1 Å². The van der Waals surface area contributed by atoms with Crippen LogP contribution in [0.3, 0.4) is 0 Å². The number of hydrogen-bond acceptors (Lipinski definition) is 3. The van der Waals surface area contributed by atoms with E-state index in [1.54, 1.807) is 12.1 Å². The monoisotopic (exact) mass is 196 g/mol. The highest BCUT2D eigenvalue weighted by Gasteiger charge is 2.19. The lowest BCUT2D eigenvalue weighted by Gasteiger charge is -2.24. The Morgan fingerprint density at radius 1 is 1.50 bits per heavy atom. The number of nitrogens with one attached hydrogen (secondary N) is 1. The third-order valence-corrected chi connectivity index (χ3v) is 2.29. The summed E-state index contributed by atoms with van der Waals surface area (Å²) in [5, 5.41) is 3.15. The number of hydrogen-bond donors (Lipinski definition) is 2. The second kappa shape index (κ2) is 3.94. The fourth-order valence-corrected chi connectivity index (χ4v) is 1.57. The lowest BCUT2D eigenvalue weighted by atomic mass is 10.1. The summed E-state index contributed by atoms with van der Waals surface area (Å²) in [5.74, 6) is -0.257. The number of nitrogen functional groups attached to an aromatic ring is 1. The summed E-state index contributed by atoms with van der Waals surface area (Å²) < 4.78 is 18.8. The molecular formula is C10H13FN2O. The second-order valence-corrected chi connectivity index (χ2v) is 3.34. The van der Waals surface area contributed by atoms with Crippen molar-refractivity contribution in [2.24, 2.45) is 0 Å². The molecule has 1 fully saturated rings. The van der Waals surface area contributed by atoms with Gasteiger partial charge in [-0.1, -0.05) is 0 Å². The zero-order chi connectivity index (χ0) is 9.97. The molecule has 1 aliphatic heterocycles. The number of morpholine rings is 1. The van der Waals surface area contributed by atoms with Crippen LogP contribution in [0.5, 0.6) is 0 Å². The van der Waals surface area contributed by atoms with E-state index in [0.717, 1.165) is 6.54 Å². The van der Waals surface area contributed by atoms with Gasteiger partial charge in [-0.15, -0.1) is 0 Å². The minimum atomic E-state index is -0.257. The number of anilines is 1. The van der Waals surface area contributed by atoms with Crippen LogP contribution in [0.2, 0.25) is 0 Å². The highest BCUT2D eigenvalue weighted by atomic mass is 19.1. The second-order valence-electron chi connectivity index (χ2n) is 3.34. The molecular weight excluding hydrogens is 183 g/mol. The molecule has 3 N–H and O–H groups in total. The van der Waals surface area contributed by atoms with Gasteiger partial charge in [0.1, 0.15) is 5.82 Å². The van der Waals surface area contributed by atoms with Gasteiger partial charge in [-0.25, -0.2) is 4.39 Å². The third-order valence-electron chi connectivity index (χ3n) is 2.29. The Kier molecular flexibility index (Phi) is 2.65. The molecule has 1 aliphatic rings. The van der Waals surface area contributed by atoms with E-state index < -0.39 is 0 Å². The molecule has 4 heteroatoms. The van der Waals surface area contributed by atoms with Crippen molar-refractivity contribution in [3.05, 3.63) is 29.6 Å². The Bertz CT molecular complexity index is 324. The van der Waals surface area contributed by atoms with Gasteiger partial charge in [0.25, 0.3) is 0 Å². The van der Waals surface area contributed by atoms with Crippen molar-refractivity contribution in [3.8, 4) is 0 Å². The zero-order valence-electron chi connectivity index (χ0n) is 7.79. The van der Waals surface area contributed by atoms with E-state index in [0.29, 0.717) is 24.4 Å². The van der Waals surface area contributed by atoms with Gasteiger partial charge in [0, 0.05) is 24.3 Å². The van der Waals surface area contributed by atoms with Crippen LogP contribution in [0.15, 0.2) is 18.2 Å². The minimum absolute atomic E-state index is 0.216. The van der Waals surface area contributed by atoms with Crippen LogP contribution in [0.1, 0.15) is 11.7 Å². The van der Waals surface area contributed by atoms with E-state index in [1.807, 2.05) is 0 Å². The molecule has 1 heterocycles. The minimum Gasteiger partial charge on any atom is -0.399 e. The topological polar surface area (TPSA) is 47.3 Å². The van der Waals surface area contributed by atoms with E-state index >= 15 is 0 Å². The predicted molar refractivity (Wildman–Crippen MR) is 52.4 cm³/mol. The molecule has 1 aromatic carbocycles. The molecule has 76 valence electrons. The summed E-state index contributed by atoms with van der Waals surface area (Å²) in [7, 11) is 0.